The summed E-state index contributed by atoms with van der Waals surface area (Å²) in [5.41, 5.74) is 3.47. The molecule has 0 aromatic heterocycles. The van der Waals surface area contributed by atoms with Crippen LogP contribution in [0.4, 0.5) is 5.69 Å². The van der Waals surface area contributed by atoms with Gasteiger partial charge in [0.1, 0.15) is 5.75 Å². The van der Waals surface area contributed by atoms with Gasteiger partial charge in [-0.25, -0.2) is 0 Å². The van der Waals surface area contributed by atoms with Crippen molar-refractivity contribution in [2.45, 2.75) is 59.3 Å². The van der Waals surface area contributed by atoms with E-state index in [1.807, 2.05) is 0 Å². The number of rotatable bonds is 3. The number of anilines is 1. The highest BCUT2D eigenvalue weighted by atomic mass is 16.3. The van der Waals surface area contributed by atoms with Gasteiger partial charge in [-0.1, -0.05) is 34.6 Å². The minimum atomic E-state index is 0.356. The van der Waals surface area contributed by atoms with Gasteiger partial charge in [0.05, 0.1) is 0 Å². The molecule has 2 heteroatoms. The summed E-state index contributed by atoms with van der Waals surface area (Å²) in [7, 11) is 0. The lowest BCUT2D eigenvalue weighted by molar-refractivity contribution is 0.443. The van der Waals surface area contributed by atoms with Crippen LogP contribution >= 0.6 is 0 Å². The van der Waals surface area contributed by atoms with E-state index in [1.54, 1.807) is 0 Å². The number of phenols is 1. The first kappa shape index (κ1) is 15.2. The Bertz CT molecular complexity index is 435. The Morgan fingerprint density at radius 1 is 1.10 bits per heavy atom. The fourth-order valence-electron chi connectivity index (χ4n) is 3.15. The Kier molecular flexibility index (Phi) is 4.62. The van der Waals surface area contributed by atoms with Gasteiger partial charge >= 0.3 is 0 Å². The van der Waals surface area contributed by atoms with E-state index in [9.17, 15) is 5.11 Å². The molecule has 2 nitrogen and oxygen atoms in total. The van der Waals surface area contributed by atoms with Gasteiger partial charge in [-0.2, -0.15) is 0 Å². The van der Waals surface area contributed by atoms with E-state index < -0.39 is 0 Å². The number of benzene rings is 1. The maximum atomic E-state index is 10.5. The van der Waals surface area contributed by atoms with E-state index in [2.05, 4.69) is 51.7 Å². The molecular formula is C18H29NO. The van der Waals surface area contributed by atoms with Crippen LogP contribution in [-0.4, -0.2) is 18.2 Å². The Hall–Kier alpha value is -1.18. The third-order valence-electron chi connectivity index (χ3n) is 4.42. The quantitative estimate of drug-likeness (QED) is 0.850. The van der Waals surface area contributed by atoms with Crippen LogP contribution in [0, 0.1) is 5.92 Å². The summed E-state index contributed by atoms with van der Waals surface area (Å²) in [5, 5.41) is 10.5. The van der Waals surface area contributed by atoms with Gasteiger partial charge in [0.25, 0.3) is 0 Å². The van der Waals surface area contributed by atoms with Gasteiger partial charge in [-0.15, -0.1) is 0 Å². The molecular weight excluding hydrogens is 246 g/mol. The lowest BCUT2D eigenvalue weighted by atomic mass is 9.92. The molecule has 0 aliphatic carbocycles. The van der Waals surface area contributed by atoms with Crippen LogP contribution in [0.25, 0.3) is 0 Å². The average Bonchev–Trinajstić information content (AvgIpc) is 2.38. The first-order chi connectivity index (χ1) is 9.40. The van der Waals surface area contributed by atoms with E-state index in [0.717, 1.165) is 30.1 Å². The van der Waals surface area contributed by atoms with Crippen molar-refractivity contribution in [2.75, 3.05) is 18.0 Å². The second kappa shape index (κ2) is 6.07. The molecule has 1 atom stereocenters. The first-order valence-corrected chi connectivity index (χ1v) is 8.01. The number of hydrogen-bond donors (Lipinski definition) is 1. The molecule has 1 N–H and O–H groups in total. The number of hydrogen-bond acceptors (Lipinski definition) is 2. The van der Waals surface area contributed by atoms with Crippen LogP contribution in [0.2, 0.25) is 0 Å². The van der Waals surface area contributed by atoms with E-state index in [1.165, 1.54) is 18.5 Å². The van der Waals surface area contributed by atoms with Gasteiger partial charge < -0.3 is 10.0 Å². The first-order valence-electron chi connectivity index (χ1n) is 8.01. The standard InChI is InChI=1S/C18H29NO/c1-12(2)16-9-15(10-17(13(3)4)18(16)20)19-8-6-7-14(5)11-19/h9-10,12-14,20H,6-8,11H2,1-5H3. The molecule has 1 heterocycles. The van der Waals surface area contributed by atoms with Gasteiger partial charge in [-0.3, -0.25) is 0 Å². The molecule has 1 aromatic rings. The van der Waals surface area contributed by atoms with Crippen LogP contribution in [0.1, 0.15) is 70.4 Å². The number of nitrogens with zero attached hydrogens (tertiary/aromatic N) is 1. The highest BCUT2D eigenvalue weighted by Gasteiger charge is 2.21. The third kappa shape index (κ3) is 3.11. The predicted octanol–water partition coefficient (Wildman–Crippen LogP) is 4.88. The van der Waals surface area contributed by atoms with Crippen molar-refractivity contribution >= 4 is 5.69 Å². The molecule has 2 rings (SSSR count). The van der Waals surface area contributed by atoms with E-state index in [-0.39, 0.29) is 0 Å². The predicted molar refractivity (Wildman–Crippen MR) is 86.9 cm³/mol. The molecule has 112 valence electrons. The van der Waals surface area contributed by atoms with E-state index in [0.29, 0.717) is 17.6 Å². The van der Waals surface area contributed by atoms with Crippen LogP contribution in [0.5, 0.6) is 5.75 Å². The Balaban J connectivity index is 2.42. The molecule has 0 amide bonds. The topological polar surface area (TPSA) is 23.5 Å². The summed E-state index contributed by atoms with van der Waals surface area (Å²) < 4.78 is 0. The van der Waals surface area contributed by atoms with E-state index in [4.69, 9.17) is 0 Å². The zero-order chi connectivity index (χ0) is 14.9. The molecule has 0 bridgehead atoms. The average molecular weight is 275 g/mol. The Morgan fingerprint density at radius 3 is 2.10 bits per heavy atom. The summed E-state index contributed by atoms with van der Waals surface area (Å²) >= 11 is 0. The van der Waals surface area contributed by atoms with Crippen LogP contribution in [0.3, 0.4) is 0 Å². The fraction of sp³-hybridized carbons (Fsp3) is 0.667. The van der Waals surface area contributed by atoms with Gasteiger partial charge in [0.2, 0.25) is 0 Å². The van der Waals surface area contributed by atoms with Crippen molar-refractivity contribution in [3.05, 3.63) is 23.3 Å². The second-order valence-corrected chi connectivity index (χ2v) is 6.98. The summed E-state index contributed by atoms with van der Waals surface area (Å²) in [4.78, 5) is 2.49. The van der Waals surface area contributed by atoms with Crippen molar-refractivity contribution in [3.8, 4) is 5.75 Å². The summed E-state index contributed by atoms with van der Waals surface area (Å²) in [5.74, 6) is 1.98. The van der Waals surface area contributed by atoms with Crippen molar-refractivity contribution in [3.63, 3.8) is 0 Å². The highest BCUT2D eigenvalue weighted by molar-refractivity contribution is 5.58. The molecule has 1 unspecified atom stereocenters. The van der Waals surface area contributed by atoms with E-state index >= 15 is 0 Å². The lowest BCUT2D eigenvalue weighted by Crippen LogP contribution is -2.34. The largest absolute Gasteiger partial charge is 0.507 e. The van der Waals surface area contributed by atoms with Gasteiger partial charge in [0, 0.05) is 18.8 Å². The molecule has 0 spiro atoms. The summed E-state index contributed by atoms with van der Waals surface area (Å²) in [6.45, 7) is 13.2. The molecule has 1 fully saturated rings. The number of piperidine rings is 1. The Morgan fingerprint density at radius 2 is 1.65 bits per heavy atom. The number of phenolic OH excluding ortho intramolecular Hbond substituents is 1. The van der Waals surface area contributed by atoms with Crippen molar-refractivity contribution in [1.82, 2.24) is 0 Å². The monoisotopic (exact) mass is 275 g/mol. The van der Waals surface area contributed by atoms with Crippen molar-refractivity contribution in [1.29, 1.82) is 0 Å². The SMILES string of the molecule is CC1CCCN(c2cc(C(C)C)c(O)c(C(C)C)c2)C1. The Labute approximate surface area is 123 Å². The maximum absolute atomic E-state index is 10.5. The van der Waals surface area contributed by atoms with Crippen molar-refractivity contribution in [2.24, 2.45) is 5.92 Å². The fourth-order valence-corrected chi connectivity index (χ4v) is 3.15. The minimum Gasteiger partial charge on any atom is -0.507 e. The zero-order valence-corrected chi connectivity index (χ0v) is 13.6. The molecule has 1 aromatic carbocycles. The van der Waals surface area contributed by atoms with Crippen LogP contribution in [0.15, 0.2) is 12.1 Å². The van der Waals surface area contributed by atoms with Crippen LogP contribution in [-0.2, 0) is 0 Å². The smallest absolute Gasteiger partial charge is 0.122 e. The maximum Gasteiger partial charge on any atom is 0.122 e. The number of aromatic hydroxyl groups is 1. The minimum absolute atomic E-state index is 0.356. The zero-order valence-electron chi connectivity index (χ0n) is 13.6. The molecule has 1 saturated heterocycles. The molecule has 1 aliphatic heterocycles. The van der Waals surface area contributed by atoms with Crippen LogP contribution < -0.4 is 4.90 Å². The molecule has 1 aliphatic rings. The molecule has 20 heavy (non-hydrogen) atoms. The molecule has 0 saturated carbocycles. The van der Waals surface area contributed by atoms with Gasteiger partial charge in [-0.05, 0) is 53.9 Å². The van der Waals surface area contributed by atoms with Crippen molar-refractivity contribution < 1.29 is 5.11 Å². The second-order valence-electron chi connectivity index (χ2n) is 6.98. The third-order valence-corrected chi connectivity index (χ3v) is 4.42. The summed E-state index contributed by atoms with van der Waals surface area (Å²) in [6.07, 6.45) is 2.61. The van der Waals surface area contributed by atoms with Gasteiger partial charge in [0.15, 0.2) is 0 Å². The highest BCUT2D eigenvalue weighted by Crippen LogP contribution is 2.38. The summed E-state index contributed by atoms with van der Waals surface area (Å²) in [6, 6.07) is 4.40. The molecule has 0 radical (unpaired) electrons. The lowest BCUT2D eigenvalue weighted by Gasteiger charge is -2.34. The normalized spacial score (nSPS) is 19.9.